The molecule has 0 atom stereocenters. The zero-order valence-corrected chi connectivity index (χ0v) is 8.13. The van der Waals surface area contributed by atoms with Gasteiger partial charge in [-0.1, -0.05) is 38.6 Å². The first-order valence-electron chi connectivity index (χ1n) is 4.63. The van der Waals surface area contributed by atoms with Crippen LogP contribution in [-0.4, -0.2) is 0 Å². The van der Waals surface area contributed by atoms with Crippen LogP contribution in [0.2, 0.25) is 0 Å². The van der Waals surface area contributed by atoms with Crippen molar-refractivity contribution in [2.24, 2.45) is 0 Å². The predicted octanol–water partition coefficient (Wildman–Crippen LogP) is 3.31. The Balaban J connectivity index is 2.45. The standard InChI is InChI=1S/C12H14O/c1-8(2)10-4-5-12-9(3)13-7-11(12)6-10/h4-6,8H,3,7H2,1-2H3. The highest BCUT2D eigenvalue weighted by molar-refractivity contribution is 5.64. The number of hydrogen-bond acceptors (Lipinski definition) is 1. The monoisotopic (exact) mass is 174 g/mol. The van der Waals surface area contributed by atoms with Crippen molar-refractivity contribution in [2.45, 2.75) is 26.4 Å². The van der Waals surface area contributed by atoms with Crippen molar-refractivity contribution in [3.05, 3.63) is 41.5 Å². The van der Waals surface area contributed by atoms with Crippen molar-refractivity contribution < 1.29 is 4.74 Å². The Labute approximate surface area is 79.0 Å². The van der Waals surface area contributed by atoms with Crippen LogP contribution in [-0.2, 0) is 11.3 Å². The molecule has 0 saturated heterocycles. The van der Waals surface area contributed by atoms with Gasteiger partial charge in [-0.25, -0.2) is 0 Å². The molecule has 0 N–H and O–H groups in total. The van der Waals surface area contributed by atoms with Crippen molar-refractivity contribution in [3.8, 4) is 0 Å². The van der Waals surface area contributed by atoms with E-state index in [1.165, 1.54) is 16.7 Å². The quantitative estimate of drug-likeness (QED) is 0.634. The average molecular weight is 174 g/mol. The van der Waals surface area contributed by atoms with Gasteiger partial charge in [-0.3, -0.25) is 0 Å². The molecule has 13 heavy (non-hydrogen) atoms. The van der Waals surface area contributed by atoms with Gasteiger partial charge >= 0.3 is 0 Å². The molecule has 0 radical (unpaired) electrons. The molecule has 1 aliphatic rings. The minimum atomic E-state index is 0.583. The van der Waals surface area contributed by atoms with E-state index in [0.717, 1.165) is 5.76 Å². The van der Waals surface area contributed by atoms with Crippen molar-refractivity contribution in [1.29, 1.82) is 0 Å². The summed E-state index contributed by atoms with van der Waals surface area (Å²) in [5.74, 6) is 1.39. The molecule has 68 valence electrons. The van der Waals surface area contributed by atoms with Crippen LogP contribution in [0.1, 0.15) is 36.5 Å². The Morgan fingerprint density at radius 3 is 2.85 bits per heavy atom. The largest absolute Gasteiger partial charge is 0.489 e. The van der Waals surface area contributed by atoms with Crippen LogP contribution >= 0.6 is 0 Å². The fourth-order valence-corrected chi connectivity index (χ4v) is 1.61. The molecule has 0 bridgehead atoms. The second-order valence-electron chi connectivity index (χ2n) is 3.78. The second-order valence-corrected chi connectivity index (χ2v) is 3.78. The summed E-state index contributed by atoms with van der Waals surface area (Å²) >= 11 is 0. The van der Waals surface area contributed by atoms with Gasteiger partial charge in [-0.15, -0.1) is 0 Å². The summed E-state index contributed by atoms with van der Waals surface area (Å²) in [5, 5.41) is 0. The average Bonchev–Trinajstić information content (AvgIpc) is 2.47. The van der Waals surface area contributed by atoms with Gasteiger partial charge in [0, 0.05) is 11.1 Å². The summed E-state index contributed by atoms with van der Waals surface area (Å²) < 4.78 is 5.36. The molecule has 0 aliphatic carbocycles. The summed E-state index contributed by atoms with van der Waals surface area (Å²) in [7, 11) is 0. The fourth-order valence-electron chi connectivity index (χ4n) is 1.61. The molecule has 1 aliphatic heterocycles. The summed E-state index contributed by atoms with van der Waals surface area (Å²) in [4.78, 5) is 0. The summed E-state index contributed by atoms with van der Waals surface area (Å²) in [6.45, 7) is 8.94. The lowest BCUT2D eigenvalue weighted by Gasteiger charge is -2.06. The van der Waals surface area contributed by atoms with Gasteiger partial charge in [-0.2, -0.15) is 0 Å². The molecule has 0 saturated carbocycles. The number of fused-ring (bicyclic) bond motifs is 1. The van der Waals surface area contributed by atoms with Crippen molar-refractivity contribution >= 4 is 5.76 Å². The molecule has 0 spiro atoms. The third-order valence-electron chi connectivity index (χ3n) is 2.50. The Morgan fingerprint density at radius 1 is 1.38 bits per heavy atom. The normalized spacial score (nSPS) is 14.5. The number of rotatable bonds is 1. The molecule has 1 heterocycles. The van der Waals surface area contributed by atoms with Crippen LogP contribution in [0.3, 0.4) is 0 Å². The maximum Gasteiger partial charge on any atom is 0.120 e. The zero-order chi connectivity index (χ0) is 9.42. The van der Waals surface area contributed by atoms with Gasteiger partial charge in [0.1, 0.15) is 12.4 Å². The molecule has 0 unspecified atom stereocenters. The van der Waals surface area contributed by atoms with Crippen LogP contribution in [0.25, 0.3) is 5.76 Å². The molecule has 1 nitrogen and oxygen atoms in total. The summed E-state index contributed by atoms with van der Waals surface area (Å²) in [6, 6.07) is 6.49. The van der Waals surface area contributed by atoms with Crippen LogP contribution in [0.4, 0.5) is 0 Å². The number of ether oxygens (including phenoxy) is 1. The van der Waals surface area contributed by atoms with Crippen LogP contribution < -0.4 is 0 Å². The van der Waals surface area contributed by atoms with Crippen molar-refractivity contribution in [2.75, 3.05) is 0 Å². The number of hydrogen-bond donors (Lipinski definition) is 0. The van der Waals surface area contributed by atoms with Gasteiger partial charge < -0.3 is 4.74 Å². The molecule has 0 amide bonds. The molecule has 1 aromatic rings. The van der Waals surface area contributed by atoms with E-state index in [0.29, 0.717) is 12.5 Å². The third kappa shape index (κ3) is 1.35. The SMILES string of the molecule is C=C1OCc2cc(C(C)C)ccc21. The first-order chi connectivity index (χ1) is 6.18. The second kappa shape index (κ2) is 2.91. The summed E-state index contributed by atoms with van der Waals surface area (Å²) in [6.07, 6.45) is 0. The Bertz CT molecular complexity index is 350. The summed E-state index contributed by atoms with van der Waals surface area (Å²) in [5.41, 5.74) is 3.82. The molecule has 1 aromatic carbocycles. The molecule has 0 fully saturated rings. The first-order valence-corrected chi connectivity index (χ1v) is 4.63. The fraction of sp³-hybridized carbons (Fsp3) is 0.333. The molecular formula is C12H14O. The zero-order valence-electron chi connectivity index (χ0n) is 8.13. The molecular weight excluding hydrogens is 160 g/mol. The van der Waals surface area contributed by atoms with Crippen LogP contribution in [0.5, 0.6) is 0 Å². The highest BCUT2D eigenvalue weighted by Crippen LogP contribution is 2.30. The van der Waals surface area contributed by atoms with E-state index in [4.69, 9.17) is 4.74 Å². The predicted molar refractivity (Wildman–Crippen MR) is 54.4 cm³/mol. The highest BCUT2D eigenvalue weighted by Gasteiger charge is 2.16. The van der Waals surface area contributed by atoms with Crippen molar-refractivity contribution in [3.63, 3.8) is 0 Å². The van der Waals surface area contributed by atoms with E-state index in [1.54, 1.807) is 0 Å². The van der Waals surface area contributed by atoms with Crippen LogP contribution in [0, 0.1) is 0 Å². The Morgan fingerprint density at radius 2 is 2.15 bits per heavy atom. The minimum absolute atomic E-state index is 0.583. The molecule has 0 aromatic heterocycles. The van der Waals surface area contributed by atoms with Gasteiger partial charge in [-0.05, 0) is 11.5 Å². The van der Waals surface area contributed by atoms with E-state index in [1.807, 2.05) is 0 Å². The van der Waals surface area contributed by atoms with E-state index in [2.05, 4.69) is 38.6 Å². The van der Waals surface area contributed by atoms with E-state index in [-0.39, 0.29) is 0 Å². The third-order valence-corrected chi connectivity index (χ3v) is 2.50. The van der Waals surface area contributed by atoms with Gasteiger partial charge in [0.15, 0.2) is 0 Å². The van der Waals surface area contributed by atoms with Gasteiger partial charge in [0.05, 0.1) is 0 Å². The number of benzene rings is 1. The highest BCUT2D eigenvalue weighted by atomic mass is 16.5. The lowest BCUT2D eigenvalue weighted by molar-refractivity contribution is 0.286. The van der Waals surface area contributed by atoms with E-state index in [9.17, 15) is 0 Å². The Hall–Kier alpha value is -1.24. The van der Waals surface area contributed by atoms with Crippen LogP contribution in [0.15, 0.2) is 24.8 Å². The maximum atomic E-state index is 5.36. The van der Waals surface area contributed by atoms with E-state index >= 15 is 0 Å². The van der Waals surface area contributed by atoms with E-state index < -0.39 is 0 Å². The molecule has 2 rings (SSSR count). The van der Waals surface area contributed by atoms with Crippen molar-refractivity contribution in [1.82, 2.24) is 0 Å². The first kappa shape index (κ1) is 8.36. The lowest BCUT2D eigenvalue weighted by Crippen LogP contribution is -1.90. The Kier molecular flexibility index (Phi) is 1.87. The van der Waals surface area contributed by atoms with Gasteiger partial charge in [0.25, 0.3) is 0 Å². The molecule has 1 heteroatoms. The lowest BCUT2D eigenvalue weighted by atomic mass is 9.98. The smallest absolute Gasteiger partial charge is 0.120 e. The topological polar surface area (TPSA) is 9.23 Å². The maximum absolute atomic E-state index is 5.36. The minimum Gasteiger partial charge on any atom is -0.489 e. The van der Waals surface area contributed by atoms with Gasteiger partial charge in [0.2, 0.25) is 0 Å².